The molecule has 1 fully saturated rings. The summed E-state index contributed by atoms with van der Waals surface area (Å²) in [5.41, 5.74) is 0.511. The summed E-state index contributed by atoms with van der Waals surface area (Å²) in [6.07, 6.45) is 4.54. The number of likely N-dealkylation sites (tertiary alicyclic amines) is 1. The molecule has 1 aliphatic heterocycles. The monoisotopic (exact) mass is 395 g/mol. The van der Waals surface area contributed by atoms with Crippen LogP contribution < -0.4 is 4.72 Å². The molecular formula is C20H33N3O3S. The molecule has 152 valence electrons. The topological polar surface area (TPSA) is 69.7 Å². The minimum Gasteiger partial charge on any atom is -0.339 e. The summed E-state index contributed by atoms with van der Waals surface area (Å²) in [4.78, 5) is 16.7. The fourth-order valence-corrected chi connectivity index (χ4v) is 4.61. The standard InChI is InChI=1S/C20H33N3O3S/c1-4-22(5-2)20(24)18-10-12-19(13-11-18)27(25,26)21-14-8-16-23-15-7-6-9-17(23)3/h10-13,17,21H,4-9,14-16H2,1-3H3. The van der Waals surface area contributed by atoms with Crippen molar-refractivity contribution < 1.29 is 13.2 Å². The van der Waals surface area contributed by atoms with Crippen LogP contribution in [0.1, 0.15) is 56.8 Å². The number of piperidine rings is 1. The second-order valence-corrected chi connectivity index (χ2v) is 8.90. The molecule has 2 rings (SSSR count). The predicted molar refractivity (Wildman–Crippen MR) is 108 cm³/mol. The average molecular weight is 396 g/mol. The van der Waals surface area contributed by atoms with Gasteiger partial charge in [0, 0.05) is 31.2 Å². The molecule has 0 bridgehead atoms. The molecule has 0 aliphatic carbocycles. The smallest absolute Gasteiger partial charge is 0.253 e. The molecule has 1 atom stereocenters. The third-order valence-corrected chi connectivity index (χ3v) is 6.79. The van der Waals surface area contributed by atoms with Crippen molar-refractivity contribution in [1.29, 1.82) is 0 Å². The van der Waals surface area contributed by atoms with Gasteiger partial charge in [-0.15, -0.1) is 0 Å². The van der Waals surface area contributed by atoms with Gasteiger partial charge in [0.15, 0.2) is 0 Å². The van der Waals surface area contributed by atoms with Crippen LogP contribution in [0.3, 0.4) is 0 Å². The highest BCUT2D eigenvalue weighted by molar-refractivity contribution is 7.89. The Labute approximate surface area is 164 Å². The lowest BCUT2D eigenvalue weighted by Crippen LogP contribution is -2.39. The minimum atomic E-state index is -3.54. The third kappa shape index (κ3) is 6.02. The van der Waals surface area contributed by atoms with E-state index in [1.54, 1.807) is 17.0 Å². The van der Waals surface area contributed by atoms with Crippen LogP contribution in [0.15, 0.2) is 29.2 Å². The molecule has 1 aromatic carbocycles. The summed E-state index contributed by atoms with van der Waals surface area (Å²) < 4.78 is 27.6. The maximum absolute atomic E-state index is 12.5. The molecule has 1 aliphatic rings. The summed E-state index contributed by atoms with van der Waals surface area (Å²) in [6.45, 7) is 9.80. The Bertz CT molecular complexity index is 700. The third-order valence-electron chi connectivity index (χ3n) is 5.32. The first-order valence-electron chi connectivity index (χ1n) is 10.0. The molecule has 1 unspecified atom stereocenters. The van der Waals surface area contributed by atoms with E-state index in [-0.39, 0.29) is 10.8 Å². The lowest BCUT2D eigenvalue weighted by Gasteiger charge is -2.33. The van der Waals surface area contributed by atoms with Gasteiger partial charge >= 0.3 is 0 Å². The fourth-order valence-electron chi connectivity index (χ4n) is 3.53. The van der Waals surface area contributed by atoms with Gasteiger partial charge in [-0.3, -0.25) is 4.79 Å². The van der Waals surface area contributed by atoms with E-state index in [1.165, 1.54) is 31.4 Å². The van der Waals surface area contributed by atoms with Crippen molar-refractivity contribution in [2.45, 2.75) is 57.4 Å². The van der Waals surface area contributed by atoms with Gasteiger partial charge in [-0.25, -0.2) is 13.1 Å². The molecular weight excluding hydrogens is 362 g/mol. The first kappa shape index (κ1) is 21.9. The average Bonchev–Trinajstić information content (AvgIpc) is 2.67. The molecule has 0 saturated carbocycles. The lowest BCUT2D eigenvalue weighted by atomic mass is 10.0. The van der Waals surface area contributed by atoms with Gasteiger partial charge in [-0.1, -0.05) is 6.42 Å². The highest BCUT2D eigenvalue weighted by Crippen LogP contribution is 2.16. The van der Waals surface area contributed by atoms with E-state index in [9.17, 15) is 13.2 Å². The van der Waals surface area contributed by atoms with Crippen LogP contribution in [0.5, 0.6) is 0 Å². The van der Waals surface area contributed by atoms with Gasteiger partial charge in [0.2, 0.25) is 10.0 Å². The number of carbonyl (C=O) groups excluding carboxylic acids is 1. The molecule has 0 aromatic heterocycles. The number of amides is 1. The molecule has 1 N–H and O–H groups in total. The van der Waals surface area contributed by atoms with E-state index in [4.69, 9.17) is 0 Å². The fraction of sp³-hybridized carbons (Fsp3) is 0.650. The maximum atomic E-state index is 12.5. The summed E-state index contributed by atoms with van der Waals surface area (Å²) in [5.74, 6) is -0.0763. The predicted octanol–water partition coefficient (Wildman–Crippen LogP) is 2.71. The SMILES string of the molecule is CCN(CC)C(=O)c1ccc(S(=O)(=O)NCCCN2CCCCC2C)cc1. The Morgan fingerprint density at radius 2 is 1.85 bits per heavy atom. The molecule has 1 saturated heterocycles. The van der Waals surface area contributed by atoms with Crippen LogP contribution in [-0.2, 0) is 10.0 Å². The van der Waals surface area contributed by atoms with E-state index in [1.807, 2.05) is 13.8 Å². The van der Waals surface area contributed by atoms with Crippen LogP contribution in [0, 0.1) is 0 Å². The van der Waals surface area contributed by atoms with E-state index in [0.717, 1.165) is 19.5 Å². The molecule has 1 heterocycles. The van der Waals surface area contributed by atoms with Gasteiger partial charge in [0.05, 0.1) is 4.90 Å². The first-order chi connectivity index (χ1) is 12.9. The number of hydrogen-bond acceptors (Lipinski definition) is 4. The van der Waals surface area contributed by atoms with Crippen LogP contribution >= 0.6 is 0 Å². The molecule has 1 amide bonds. The Kier molecular flexibility index (Phi) is 8.26. The molecule has 1 aromatic rings. The van der Waals surface area contributed by atoms with Crippen LogP contribution in [0.4, 0.5) is 0 Å². The quantitative estimate of drug-likeness (QED) is 0.653. The second kappa shape index (κ2) is 10.2. The summed E-state index contributed by atoms with van der Waals surface area (Å²) in [7, 11) is -3.54. The van der Waals surface area contributed by atoms with Crippen molar-refractivity contribution in [3.8, 4) is 0 Å². The number of nitrogens with zero attached hydrogens (tertiary/aromatic N) is 2. The zero-order valence-electron chi connectivity index (χ0n) is 16.8. The Balaban J connectivity index is 1.87. The normalized spacial score (nSPS) is 18.4. The minimum absolute atomic E-state index is 0.0763. The Hall–Kier alpha value is -1.44. The van der Waals surface area contributed by atoms with Crippen LogP contribution in [0.2, 0.25) is 0 Å². The number of hydrogen-bond donors (Lipinski definition) is 1. The summed E-state index contributed by atoms with van der Waals surface area (Å²) in [5, 5.41) is 0. The highest BCUT2D eigenvalue weighted by atomic mass is 32.2. The second-order valence-electron chi connectivity index (χ2n) is 7.13. The number of nitrogens with one attached hydrogen (secondary N) is 1. The van der Waals surface area contributed by atoms with Crippen molar-refractivity contribution in [2.75, 3.05) is 32.7 Å². The van der Waals surface area contributed by atoms with Gasteiger partial charge in [-0.05, 0) is 77.4 Å². The number of benzene rings is 1. The van der Waals surface area contributed by atoms with Crippen molar-refractivity contribution in [1.82, 2.24) is 14.5 Å². The largest absolute Gasteiger partial charge is 0.339 e. The van der Waals surface area contributed by atoms with Crippen LogP contribution in [-0.4, -0.2) is 62.9 Å². The van der Waals surface area contributed by atoms with E-state index in [0.29, 0.717) is 31.2 Å². The van der Waals surface area contributed by atoms with E-state index >= 15 is 0 Å². The number of carbonyl (C=O) groups is 1. The van der Waals surface area contributed by atoms with Gasteiger partial charge < -0.3 is 9.80 Å². The lowest BCUT2D eigenvalue weighted by molar-refractivity contribution is 0.0773. The Morgan fingerprint density at radius 3 is 2.44 bits per heavy atom. The van der Waals surface area contributed by atoms with Crippen molar-refractivity contribution >= 4 is 15.9 Å². The molecule has 6 nitrogen and oxygen atoms in total. The number of sulfonamides is 1. The Morgan fingerprint density at radius 1 is 1.19 bits per heavy atom. The maximum Gasteiger partial charge on any atom is 0.253 e. The van der Waals surface area contributed by atoms with E-state index < -0.39 is 10.0 Å². The highest BCUT2D eigenvalue weighted by Gasteiger charge is 2.19. The first-order valence-corrected chi connectivity index (χ1v) is 11.5. The summed E-state index contributed by atoms with van der Waals surface area (Å²) in [6, 6.07) is 6.78. The van der Waals surface area contributed by atoms with Crippen molar-refractivity contribution in [3.05, 3.63) is 29.8 Å². The van der Waals surface area contributed by atoms with E-state index in [2.05, 4.69) is 16.5 Å². The summed E-state index contributed by atoms with van der Waals surface area (Å²) >= 11 is 0. The van der Waals surface area contributed by atoms with Crippen molar-refractivity contribution in [2.24, 2.45) is 0 Å². The molecule has 0 spiro atoms. The van der Waals surface area contributed by atoms with Gasteiger partial charge in [0.25, 0.3) is 5.91 Å². The zero-order valence-corrected chi connectivity index (χ0v) is 17.6. The number of rotatable bonds is 9. The van der Waals surface area contributed by atoms with Crippen molar-refractivity contribution in [3.63, 3.8) is 0 Å². The van der Waals surface area contributed by atoms with Crippen LogP contribution in [0.25, 0.3) is 0 Å². The molecule has 0 radical (unpaired) electrons. The van der Waals surface area contributed by atoms with Gasteiger partial charge in [-0.2, -0.15) is 0 Å². The molecule has 7 heteroatoms. The van der Waals surface area contributed by atoms with Gasteiger partial charge in [0.1, 0.15) is 0 Å². The molecule has 27 heavy (non-hydrogen) atoms. The zero-order chi connectivity index (χ0) is 19.9.